The van der Waals surface area contributed by atoms with Crippen molar-refractivity contribution in [1.29, 1.82) is 0 Å². The van der Waals surface area contributed by atoms with E-state index in [0.29, 0.717) is 24.7 Å². The van der Waals surface area contributed by atoms with Crippen LogP contribution in [0, 0.1) is 0 Å². The average molecular weight is 411 g/mol. The van der Waals surface area contributed by atoms with Crippen molar-refractivity contribution >= 4 is 11.7 Å². The smallest absolute Gasteiger partial charge is 0.269 e. The highest BCUT2D eigenvalue weighted by Crippen LogP contribution is 2.22. The number of pyridine rings is 1. The third-order valence-electron chi connectivity index (χ3n) is 5.95. The van der Waals surface area contributed by atoms with E-state index in [0.717, 1.165) is 63.6 Å². The van der Waals surface area contributed by atoms with Crippen LogP contribution < -0.4 is 10.2 Å². The van der Waals surface area contributed by atoms with E-state index in [-0.39, 0.29) is 11.7 Å². The van der Waals surface area contributed by atoms with Gasteiger partial charge in [-0.05, 0) is 49.1 Å². The molecule has 7 heteroatoms. The number of ether oxygens (including phenoxy) is 1. The van der Waals surface area contributed by atoms with Crippen molar-refractivity contribution < 1.29 is 14.6 Å². The van der Waals surface area contributed by atoms with Gasteiger partial charge in [0.2, 0.25) is 0 Å². The number of carbonyl (C=O) groups excluding carboxylic acids is 1. The van der Waals surface area contributed by atoms with Crippen molar-refractivity contribution in [1.82, 2.24) is 15.2 Å². The Morgan fingerprint density at radius 1 is 1.07 bits per heavy atom. The zero-order valence-electron chi connectivity index (χ0n) is 17.3. The Kier molecular flexibility index (Phi) is 6.81. The summed E-state index contributed by atoms with van der Waals surface area (Å²) >= 11 is 0. The molecule has 2 N–H and O–H groups in total. The van der Waals surface area contributed by atoms with E-state index in [4.69, 9.17) is 4.74 Å². The van der Waals surface area contributed by atoms with Gasteiger partial charge in [0.1, 0.15) is 17.3 Å². The molecular weight excluding hydrogens is 380 g/mol. The Balaban J connectivity index is 1.28. The molecule has 0 radical (unpaired) electrons. The van der Waals surface area contributed by atoms with Gasteiger partial charge in [-0.25, -0.2) is 4.98 Å². The predicted molar refractivity (Wildman–Crippen MR) is 116 cm³/mol. The minimum atomic E-state index is -0.154. The van der Waals surface area contributed by atoms with Gasteiger partial charge in [-0.15, -0.1) is 0 Å². The molecule has 30 heavy (non-hydrogen) atoms. The maximum Gasteiger partial charge on any atom is 0.269 e. The summed E-state index contributed by atoms with van der Waals surface area (Å²) in [5, 5.41) is 12.3. The van der Waals surface area contributed by atoms with Crippen LogP contribution in [-0.2, 0) is 11.2 Å². The van der Waals surface area contributed by atoms with Crippen LogP contribution >= 0.6 is 0 Å². The van der Waals surface area contributed by atoms with E-state index in [1.165, 1.54) is 0 Å². The third kappa shape index (κ3) is 5.29. The summed E-state index contributed by atoms with van der Waals surface area (Å²) in [6.45, 7) is 6.19. The van der Waals surface area contributed by atoms with Gasteiger partial charge in [0.25, 0.3) is 5.91 Å². The zero-order chi connectivity index (χ0) is 20.8. The van der Waals surface area contributed by atoms with Gasteiger partial charge in [0, 0.05) is 38.8 Å². The van der Waals surface area contributed by atoms with E-state index in [1.54, 1.807) is 18.2 Å². The molecule has 1 amide bonds. The van der Waals surface area contributed by atoms with Gasteiger partial charge in [0.15, 0.2) is 0 Å². The number of hydrogen-bond donors (Lipinski definition) is 2. The molecule has 3 heterocycles. The number of carbonyl (C=O) groups is 1. The second kappa shape index (κ2) is 9.91. The number of amides is 1. The molecule has 0 spiro atoms. The van der Waals surface area contributed by atoms with Gasteiger partial charge < -0.3 is 20.1 Å². The second-order valence-electron chi connectivity index (χ2n) is 7.92. The van der Waals surface area contributed by atoms with Crippen LogP contribution in [0.3, 0.4) is 0 Å². The Labute approximate surface area is 177 Å². The fourth-order valence-electron chi connectivity index (χ4n) is 4.20. The third-order valence-corrected chi connectivity index (χ3v) is 5.95. The number of morpholine rings is 1. The molecule has 0 aliphatic carbocycles. The van der Waals surface area contributed by atoms with Crippen LogP contribution in [0.25, 0.3) is 0 Å². The summed E-state index contributed by atoms with van der Waals surface area (Å²) in [5.41, 5.74) is 1.52. The SMILES string of the molecule is O=C(NCCc1ccc(O)cc1)c1cccc(N2CCC(N3CCOCC3)CC2)n1. The molecule has 0 atom stereocenters. The molecule has 1 aromatic heterocycles. The van der Waals surface area contributed by atoms with Gasteiger partial charge >= 0.3 is 0 Å². The maximum absolute atomic E-state index is 12.5. The maximum atomic E-state index is 12.5. The van der Waals surface area contributed by atoms with Gasteiger partial charge in [-0.2, -0.15) is 0 Å². The largest absolute Gasteiger partial charge is 0.508 e. The zero-order valence-corrected chi connectivity index (χ0v) is 17.3. The van der Waals surface area contributed by atoms with Crippen molar-refractivity contribution in [2.45, 2.75) is 25.3 Å². The number of piperidine rings is 1. The average Bonchev–Trinajstić information content (AvgIpc) is 2.81. The van der Waals surface area contributed by atoms with Crippen LogP contribution in [0.1, 0.15) is 28.9 Å². The number of aromatic nitrogens is 1. The second-order valence-corrected chi connectivity index (χ2v) is 7.92. The standard InChI is InChI=1S/C23H30N4O3/c28-20-6-4-18(5-7-20)8-11-24-23(29)21-2-1-3-22(25-21)27-12-9-19(10-13-27)26-14-16-30-17-15-26/h1-7,19,28H,8-17H2,(H,24,29). The number of aromatic hydroxyl groups is 1. The highest BCUT2D eigenvalue weighted by Gasteiger charge is 2.26. The van der Waals surface area contributed by atoms with Crippen molar-refractivity contribution in [3.05, 3.63) is 53.7 Å². The first-order chi connectivity index (χ1) is 14.7. The Morgan fingerprint density at radius 3 is 2.53 bits per heavy atom. The molecule has 160 valence electrons. The van der Waals surface area contributed by atoms with Crippen molar-refractivity contribution in [3.63, 3.8) is 0 Å². The van der Waals surface area contributed by atoms with Crippen molar-refractivity contribution in [3.8, 4) is 5.75 Å². The molecular formula is C23H30N4O3. The highest BCUT2D eigenvalue weighted by molar-refractivity contribution is 5.92. The Morgan fingerprint density at radius 2 is 1.80 bits per heavy atom. The Hall–Kier alpha value is -2.64. The first-order valence-electron chi connectivity index (χ1n) is 10.8. The van der Waals surface area contributed by atoms with Crippen LogP contribution in [0.4, 0.5) is 5.82 Å². The van der Waals surface area contributed by atoms with E-state index in [2.05, 4.69) is 20.1 Å². The molecule has 0 unspecified atom stereocenters. The summed E-state index contributed by atoms with van der Waals surface area (Å²) in [4.78, 5) is 22.0. The monoisotopic (exact) mass is 410 g/mol. The summed E-state index contributed by atoms with van der Waals surface area (Å²) in [5.74, 6) is 0.971. The van der Waals surface area contributed by atoms with Gasteiger partial charge in [-0.1, -0.05) is 18.2 Å². The Bertz CT molecular complexity index is 829. The lowest BCUT2D eigenvalue weighted by molar-refractivity contribution is 0.0115. The molecule has 0 bridgehead atoms. The van der Waals surface area contributed by atoms with Gasteiger partial charge in [0.05, 0.1) is 13.2 Å². The predicted octanol–water partition coefficient (Wildman–Crippen LogP) is 2.06. The lowest BCUT2D eigenvalue weighted by Crippen LogP contribution is -2.49. The van der Waals surface area contributed by atoms with Crippen LogP contribution in [-0.4, -0.2) is 72.9 Å². The number of phenols is 1. The molecule has 7 nitrogen and oxygen atoms in total. The molecule has 2 saturated heterocycles. The normalized spacial score (nSPS) is 18.3. The van der Waals surface area contributed by atoms with Crippen molar-refractivity contribution in [2.24, 2.45) is 0 Å². The fourth-order valence-corrected chi connectivity index (χ4v) is 4.20. The van der Waals surface area contributed by atoms with E-state index in [9.17, 15) is 9.90 Å². The van der Waals surface area contributed by atoms with Crippen LogP contribution in [0.15, 0.2) is 42.5 Å². The number of nitrogens with one attached hydrogen (secondary N) is 1. The number of anilines is 1. The minimum absolute atomic E-state index is 0.154. The summed E-state index contributed by atoms with van der Waals surface area (Å²) in [6, 6.07) is 13.3. The van der Waals surface area contributed by atoms with E-state index < -0.39 is 0 Å². The van der Waals surface area contributed by atoms with Gasteiger partial charge in [-0.3, -0.25) is 9.69 Å². The fraction of sp³-hybridized carbons (Fsp3) is 0.478. The number of nitrogens with zero attached hydrogens (tertiary/aromatic N) is 3. The molecule has 2 aliphatic heterocycles. The first-order valence-corrected chi connectivity index (χ1v) is 10.8. The lowest BCUT2D eigenvalue weighted by atomic mass is 10.0. The number of phenolic OH excluding ortho intramolecular Hbond substituents is 1. The summed E-state index contributed by atoms with van der Waals surface area (Å²) in [7, 11) is 0. The summed E-state index contributed by atoms with van der Waals surface area (Å²) in [6.07, 6.45) is 2.94. The van der Waals surface area contributed by atoms with Crippen LogP contribution in [0.2, 0.25) is 0 Å². The number of hydrogen-bond acceptors (Lipinski definition) is 6. The summed E-state index contributed by atoms with van der Waals surface area (Å²) < 4.78 is 5.46. The molecule has 1 aromatic carbocycles. The quantitative estimate of drug-likeness (QED) is 0.759. The van der Waals surface area contributed by atoms with Crippen molar-refractivity contribution in [2.75, 3.05) is 50.8 Å². The lowest BCUT2D eigenvalue weighted by Gasteiger charge is -2.40. The molecule has 4 rings (SSSR count). The van der Waals surface area contributed by atoms with E-state index in [1.807, 2.05) is 24.3 Å². The molecule has 2 aromatic rings. The topological polar surface area (TPSA) is 77.9 Å². The highest BCUT2D eigenvalue weighted by atomic mass is 16.5. The minimum Gasteiger partial charge on any atom is -0.508 e. The molecule has 2 fully saturated rings. The molecule has 0 saturated carbocycles. The van der Waals surface area contributed by atoms with Crippen LogP contribution in [0.5, 0.6) is 5.75 Å². The van der Waals surface area contributed by atoms with E-state index >= 15 is 0 Å². The molecule has 2 aliphatic rings. The first kappa shape index (κ1) is 20.6. The number of rotatable bonds is 6. The number of benzene rings is 1.